The summed E-state index contributed by atoms with van der Waals surface area (Å²) in [4.78, 5) is 9.02. The molecule has 0 aliphatic carbocycles. The lowest BCUT2D eigenvalue weighted by Gasteiger charge is -2.22. The first-order valence-electron chi connectivity index (χ1n) is 12.2. The number of fused-ring (bicyclic) bond motifs is 2. The molecule has 0 saturated carbocycles. The minimum absolute atomic E-state index is 0.0802. The predicted octanol–water partition coefficient (Wildman–Crippen LogP) is 4.84. The second-order valence-electron chi connectivity index (χ2n) is 9.01. The van der Waals surface area contributed by atoms with E-state index in [4.69, 9.17) is 14.6 Å². The molecule has 1 aromatic carbocycles. The van der Waals surface area contributed by atoms with Crippen molar-refractivity contribution in [3.05, 3.63) is 78.5 Å². The number of nitrogens with zero attached hydrogens (tertiary/aromatic N) is 6. The maximum Gasteiger partial charge on any atom is 0.157 e. The van der Waals surface area contributed by atoms with Gasteiger partial charge in [-0.15, -0.1) is 0 Å². The molecule has 178 valence electrons. The van der Waals surface area contributed by atoms with Crippen LogP contribution in [0.2, 0.25) is 0 Å². The number of ether oxygens (including phenoxy) is 2. The zero-order chi connectivity index (χ0) is 23.6. The molecular weight excluding hydrogens is 440 g/mol. The van der Waals surface area contributed by atoms with Gasteiger partial charge in [0.25, 0.3) is 0 Å². The van der Waals surface area contributed by atoms with E-state index < -0.39 is 0 Å². The summed E-state index contributed by atoms with van der Waals surface area (Å²) in [6.45, 7) is 4.22. The van der Waals surface area contributed by atoms with Gasteiger partial charge in [0.15, 0.2) is 11.9 Å². The summed E-state index contributed by atoms with van der Waals surface area (Å²) in [5.41, 5.74) is 5.88. The Hall–Kier alpha value is -3.62. The van der Waals surface area contributed by atoms with Crippen molar-refractivity contribution >= 4 is 16.6 Å². The van der Waals surface area contributed by atoms with E-state index in [1.165, 1.54) is 5.56 Å². The first-order chi connectivity index (χ1) is 17.2. The van der Waals surface area contributed by atoms with Crippen molar-refractivity contribution in [2.45, 2.75) is 44.9 Å². The van der Waals surface area contributed by atoms with Crippen LogP contribution in [0.4, 0.5) is 0 Å². The Bertz CT molecular complexity index is 1450. The smallest absolute Gasteiger partial charge is 0.157 e. The van der Waals surface area contributed by atoms with E-state index in [2.05, 4.69) is 46.3 Å². The Morgan fingerprint density at radius 3 is 3.00 bits per heavy atom. The molecule has 0 spiro atoms. The highest BCUT2D eigenvalue weighted by molar-refractivity contribution is 5.79. The molecule has 0 radical (unpaired) electrons. The average molecular weight is 469 g/mol. The molecule has 5 heterocycles. The summed E-state index contributed by atoms with van der Waals surface area (Å²) in [7, 11) is 0. The van der Waals surface area contributed by atoms with Crippen molar-refractivity contribution in [2.24, 2.45) is 0 Å². The van der Waals surface area contributed by atoms with Crippen molar-refractivity contribution in [1.82, 2.24) is 29.4 Å². The van der Waals surface area contributed by atoms with Crippen LogP contribution >= 0.6 is 0 Å². The Morgan fingerprint density at radius 2 is 2.09 bits per heavy atom. The van der Waals surface area contributed by atoms with Crippen LogP contribution in [0.3, 0.4) is 0 Å². The summed E-state index contributed by atoms with van der Waals surface area (Å²) < 4.78 is 15.3. The Morgan fingerprint density at radius 1 is 1.11 bits per heavy atom. The standard InChI is InChI=1S/C27H28N6O2/c1-19(20-7-8-23-21(15-20)5-4-11-28-23)25-17-29-26-10-9-24(31-33(25)26)22-16-30-32(18-22)12-14-35-27-6-2-3-13-34-27/h4-5,7-11,15-19,27H,2-3,6,12-14H2,1H3. The minimum atomic E-state index is -0.0802. The van der Waals surface area contributed by atoms with Crippen molar-refractivity contribution in [3.63, 3.8) is 0 Å². The van der Waals surface area contributed by atoms with Crippen molar-refractivity contribution in [2.75, 3.05) is 13.2 Å². The van der Waals surface area contributed by atoms with E-state index in [0.717, 1.165) is 59.4 Å². The summed E-state index contributed by atoms with van der Waals surface area (Å²) in [6, 6.07) is 14.5. The summed E-state index contributed by atoms with van der Waals surface area (Å²) in [6.07, 6.45) is 10.8. The molecule has 1 fully saturated rings. The monoisotopic (exact) mass is 468 g/mol. The third-order valence-electron chi connectivity index (χ3n) is 6.65. The van der Waals surface area contributed by atoms with Gasteiger partial charge in [0.1, 0.15) is 0 Å². The number of pyridine rings is 1. The maximum atomic E-state index is 5.84. The molecule has 5 aromatic rings. The molecular formula is C27H28N6O2. The van der Waals surface area contributed by atoms with Crippen molar-refractivity contribution in [1.29, 1.82) is 0 Å². The van der Waals surface area contributed by atoms with Gasteiger partial charge in [0, 0.05) is 35.9 Å². The fourth-order valence-corrected chi connectivity index (χ4v) is 4.61. The second-order valence-corrected chi connectivity index (χ2v) is 9.01. The number of aromatic nitrogens is 6. The van der Waals surface area contributed by atoms with Crippen LogP contribution in [0.25, 0.3) is 27.8 Å². The van der Waals surface area contributed by atoms with Gasteiger partial charge in [-0.25, -0.2) is 9.50 Å². The molecule has 0 N–H and O–H groups in total. The van der Waals surface area contributed by atoms with Gasteiger partial charge in [0.05, 0.1) is 42.4 Å². The number of hydrogen-bond donors (Lipinski definition) is 0. The van der Waals surface area contributed by atoms with Crippen LogP contribution in [-0.4, -0.2) is 48.9 Å². The van der Waals surface area contributed by atoms with Crippen LogP contribution in [-0.2, 0) is 16.0 Å². The Kier molecular flexibility index (Phi) is 5.98. The lowest BCUT2D eigenvalue weighted by atomic mass is 9.97. The van der Waals surface area contributed by atoms with Gasteiger partial charge in [-0.3, -0.25) is 9.67 Å². The zero-order valence-corrected chi connectivity index (χ0v) is 19.7. The highest BCUT2D eigenvalue weighted by Crippen LogP contribution is 2.28. The lowest BCUT2D eigenvalue weighted by molar-refractivity contribution is -0.163. The quantitative estimate of drug-likeness (QED) is 0.340. The topological polar surface area (TPSA) is 79.4 Å². The fraction of sp³-hybridized carbons (Fsp3) is 0.333. The van der Waals surface area contributed by atoms with E-state index in [9.17, 15) is 0 Å². The van der Waals surface area contributed by atoms with Crippen LogP contribution in [0.5, 0.6) is 0 Å². The number of imidazole rings is 1. The van der Waals surface area contributed by atoms with Crippen LogP contribution < -0.4 is 0 Å². The molecule has 8 nitrogen and oxygen atoms in total. The van der Waals surface area contributed by atoms with E-state index in [0.29, 0.717) is 13.2 Å². The van der Waals surface area contributed by atoms with E-state index in [1.54, 1.807) is 0 Å². The molecule has 6 rings (SSSR count). The first kappa shape index (κ1) is 21.9. The van der Waals surface area contributed by atoms with Gasteiger partial charge in [-0.05, 0) is 55.2 Å². The largest absolute Gasteiger partial charge is 0.353 e. The van der Waals surface area contributed by atoms with Crippen molar-refractivity contribution < 1.29 is 9.47 Å². The number of benzene rings is 1. The van der Waals surface area contributed by atoms with E-state index >= 15 is 0 Å². The highest BCUT2D eigenvalue weighted by Gasteiger charge is 2.17. The zero-order valence-electron chi connectivity index (χ0n) is 19.7. The van der Waals surface area contributed by atoms with Gasteiger partial charge < -0.3 is 9.47 Å². The fourth-order valence-electron chi connectivity index (χ4n) is 4.61. The van der Waals surface area contributed by atoms with Crippen LogP contribution in [0.15, 0.2) is 67.3 Å². The van der Waals surface area contributed by atoms with Crippen molar-refractivity contribution in [3.8, 4) is 11.3 Å². The Balaban J connectivity index is 1.21. The average Bonchev–Trinajstić information content (AvgIpc) is 3.55. The summed E-state index contributed by atoms with van der Waals surface area (Å²) in [5, 5.41) is 10.6. The van der Waals surface area contributed by atoms with Crippen LogP contribution in [0.1, 0.15) is 43.4 Å². The second kappa shape index (κ2) is 9.56. The molecule has 35 heavy (non-hydrogen) atoms. The molecule has 1 saturated heterocycles. The summed E-state index contributed by atoms with van der Waals surface area (Å²) in [5.74, 6) is 0.124. The highest BCUT2D eigenvalue weighted by atomic mass is 16.7. The lowest BCUT2D eigenvalue weighted by Crippen LogP contribution is -2.24. The predicted molar refractivity (Wildman–Crippen MR) is 133 cm³/mol. The molecule has 8 heteroatoms. The van der Waals surface area contributed by atoms with E-state index in [1.807, 2.05) is 52.2 Å². The normalized spacial score (nSPS) is 17.2. The Labute approximate surface area is 203 Å². The third kappa shape index (κ3) is 4.54. The molecule has 2 atom stereocenters. The third-order valence-corrected chi connectivity index (χ3v) is 6.65. The first-order valence-corrected chi connectivity index (χ1v) is 12.2. The number of hydrogen-bond acceptors (Lipinski definition) is 6. The molecule has 1 aliphatic rings. The SMILES string of the molecule is CC(c1ccc2ncccc2c1)c1cnc2ccc(-c3cnn(CCOC4CCCCO4)c3)nn12. The number of rotatable bonds is 7. The van der Waals surface area contributed by atoms with Gasteiger partial charge in [0.2, 0.25) is 0 Å². The summed E-state index contributed by atoms with van der Waals surface area (Å²) >= 11 is 0. The van der Waals surface area contributed by atoms with Gasteiger partial charge >= 0.3 is 0 Å². The molecule has 4 aromatic heterocycles. The molecule has 0 bridgehead atoms. The molecule has 2 unspecified atom stereocenters. The minimum Gasteiger partial charge on any atom is -0.353 e. The maximum absolute atomic E-state index is 5.84. The van der Waals surface area contributed by atoms with E-state index in [-0.39, 0.29) is 12.2 Å². The van der Waals surface area contributed by atoms with Gasteiger partial charge in [-0.1, -0.05) is 19.1 Å². The molecule has 0 amide bonds. The molecule has 1 aliphatic heterocycles. The van der Waals surface area contributed by atoms with Gasteiger partial charge in [-0.2, -0.15) is 10.2 Å². The van der Waals surface area contributed by atoms with Crippen LogP contribution in [0, 0.1) is 0 Å².